The maximum absolute atomic E-state index is 12.9. The molecule has 1 aromatic heterocycles. The fourth-order valence-corrected chi connectivity index (χ4v) is 4.80. The second-order valence-electron chi connectivity index (χ2n) is 7.81. The second-order valence-corrected chi connectivity index (χ2v) is 9.30. The number of halogens is 1. The van der Waals surface area contributed by atoms with E-state index in [0.29, 0.717) is 45.9 Å². The standard InChI is InChI=1S/C24H26ClN3O4S/c1-31-21-12-17(6-7-20(21)32-11-10-28-9-8-18(29)14-28)27-24(30)23-19(26)13-22(33-23)15-2-4-16(25)5-3-15/h2-7,12-13,18,29H,8-11,14,26H2,1H3,(H,27,30). The number of anilines is 2. The molecule has 2 aromatic carbocycles. The minimum atomic E-state index is -0.291. The Kier molecular flexibility index (Phi) is 7.39. The summed E-state index contributed by atoms with van der Waals surface area (Å²) in [7, 11) is 1.56. The molecule has 0 bridgehead atoms. The monoisotopic (exact) mass is 487 g/mol. The Bertz CT molecular complexity index is 1120. The predicted octanol–water partition coefficient (Wildman–Crippen LogP) is 4.36. The molecule has 0 spiro atoms. The number of β-amino-alcohol motifs (C(OH)–C–C–N with tert-alkyl or cyclic N) is 1. The molecule has 3 aromatic rings. The molecular formula is C24H26ClN3O4S. The Morgan fingerprint density at radius 2 is 2.03 bits per heavy atom. The number of aliphatic hydroxyl groups is 1. The highest BCUT2D eigenvalue weighted by molar-refractivity contribution is 7.18. The van der Waals surface area contributed by atoms with E-state index in [-0.39, 0.29) is 12.0 Å². The van der Waals surface area contributed by atoms with Crippen molar-refractivity contribution in [3.8, 4) is 21.9 Å². The summed E-state index contributed by atoms with van der Waals surface area (Å²) < 4.78 is 11.3. The van der Waals surface area contributed by atoms with Gasteiger partial charge in [0, 0.05) is 41.3 Å². The van der Waals surface area contributed by atoms with Crippen molar-refractivity contribution in [1.82, 2.24) is 4.90 Å². The smallest absolute Gasteiger partial charge is 0.267 e. The second kappa shape index (κ2) is 10.4. The highest BCUT2D eigenvalue weighted by atomic mass is 35.5. The van der Waals surface area contributed by atoms with E-state index in [0.717, 1.165) is 30.0 Å². The van der Waals surface area contributed by atoms with Gasteiger partial charge in [0.2, 0.25) is 0 Å². The molecule has 174 valence electrons. The first-order valence-electron chi connectivity index (χ1n) is 10.6. The molecule has 0 aliphatic carbocycles. The first-order chi connectivity index (χ1) is 15.9. The van der Waals surface area contributed by atoms with E-state index in [4.69, 9.17) is 26.8 Å². The van der Waals surface area contributed by atoms with Gasteiger partial charge in [-0.2, -0.15) is 0 Å². The lowest BCUT2D eigenvalue weighted by Crippen LogP contribution is -2.27. The SMILES string of the molecule is COc1cc(NC(=O)c2sc(-c3ccc(Cl)cc3)cc2N)ccc1OCCN1CCC(O)C1. The number of thiophene rings is 1. The minimum Gasteiger partial charge on any atom is -0.493 e. The molecule has 2 heterocycles. The maximum Gasteiger partial charge on any atom is 0.267 e. The number of nitrogens with two attached hydrogens (primary N) is 1. The summed E-state index contributed by atoms with van der Waals surface area (Å²) in [6, 6.07) is 14.4. The van der Waals surface area contributed by atoms with Crippen LogP contribution in [-0.4, -0.2) is 55.4 Å². The van der Waals surface area contributed by atoms with Crippen LogP contribution in [0.15, 0.2) is 48.5 Å². The van der Waals surface area contributed by atoms with Gasteiger partial charge in [0.25, 0.3) is 5.91 Å². The van der Waals surface area contributed by atoms with Gasteiger partial charge in [0.05, 0.1) is 18.9 Å². The molecule has 4 rings (SSSR count). The summed E-state index contributed by atoms with van der Waals surface area (Å²) in [4.78, 5) is 16.4. The number of carbonyl (C=O) groups excluding carboxylic acids is 1. The Hall–Kier alpha value is -2.78. The summed E-state index contributed by atoms with van der Waals surface area (Å²) >= 11 is 7.28. The van der Waals surface area contributed by atoms with E-state index in [1.807, 2.05) is 12.1 Å². The molecule has 1 aliphatic heterocycles. The quantitative estimate of drug-likeness (QED) is 0.437. The Morgan fingerprint density at radius 1 is 1.24 bits per heavy atom. The van der Waals surface area contributed by atoms with Crippen LogP contribution in [0.5, 0.6) is 11.5 Å². The normalized spacial score (nSPS) is 16.0. The zero-order valence-electron chi connectivity index (χ0n) is 18.2. The van der Waals surface area contributed by atoms with Crippen molar-refractivity contribution in [3.05, 3.63) is 58.4 Å². The van der Waals surface area contributed by atoms with Crippen molar-refractivity contribution in [3.63, 3.8) is 0 Å². The van der Waals surface area contributed by atoms with E-state index in [1.54, 1.807) is 43.5 Å². The van der Waals surface area contributed by atoms with Crippen LogP contribution >= 0.6 is 22.9 Å². The van der Waals surface area contributed by atoms with Gasteiger partial charge < -0.3 is 25.6 Å². The van der Waals surface area contributed by atoms with Gasteiger partial charge >= 0.3 is 0 Å². The highest BCUT2D eigenvalue weighted by Crippen LogP contribution is 2.35. The topological polar surface area (TPSA) is 97.0 Å². The predicted molar refractivity (Wildman–Crippen MR) is 133 cm³/mol. The van der Waals surface area contributed by atoms with Crippen molar-refractivity contribution in [2.45, 2.75) is 12.5 Å². The number of hydrogen-bond acceptors (Lipinski definition) is 7. The molecular weight excluding hydrogens is 462 g/mol. The summed E-state index contributed by atoms with van der Waals surface area (Å²) in [5, 5.41) is 13.2. The van der Waals surface area contributed by atoms with Crippen LogP contribution in [0.25, 0.3) is 10.4 Å². The van der Waals surface area contributed by atoms with Crippen molar-refractivity contribution in [2.75, 3.05) is 44.4 Å². The number of hydrogen-bond donors (Lipinski definition) is 3. The molecule has 1 fully saturated rings. The van der Waals surface area contributed by atoms with E-state index in [9.17, 15) is 9.90 Å². The van der Waals surface area contributed by atoms with Crippen molar-refractivity contribution >= 4 is 40.2 Å². The summed E-state index contributed by atoms with van der Waals surface area (Å²) in [5.74, 6) is 0.826. The van der Waals surface area contributed by atoms with Crippen LogP contribution < -0.4 is 20.5 Å². The van der Waals surface area contributed by atoms with Crippen molar-refractivity contribution in [2.24, 2.45) is 0 Å². The van der Waals surface area contributed by atoms with Crippen molar-refractivity contribution < 1.29 is 19.4 Å². The van der Waals surface area contributed by atoms with Crippen LogP contribution in [0, 0.1) is 0 Å². The van der Waals surface area contributed by atoms with Gasteiger partial charge in [-0.15, -0.1) is 11.3 Å². The lowest BCUT2D eigenvalue weighted by Gasteiger charge is -2.17. The van der Waals surface area contributed by atoms with Crippen LogP contribution in [0.4, 0.5) is 11.4 Å². The minimum absolute atomic E-state index is 0.248. The van der Waals surface area contributed by atoms with Gasteiger partial charge in [0.1, 0.15) is 11.5 Å². The summed E-state index contributed by atoms with van der Waals surface area (Å²) in [6.07, 6.45) is 0.551. The molecule has 7 nitrogen and oxygen atoms in total. The number of nitrogens with zero attached hydrogens (tertiary/aromatic N) is 1. The Balaban J connectivity index is 1.40. The van der Waals surface area contributed by atoms with Gasteiger partial charge in [-0.3, -0.25) is 9.69 Å². The number of ether oxygens (including phenoxy) is 2. The number of carbonyl (C=O) groups is 1. The van der Waals surface area contributed by atoms with Crippen LogP contribution in [0.2, 0.25) is 5.02 Å². The van der Waals surface area contributed by atoms with Gasteiger partial charge in [-0.25, -0.2) is 0 Å². The Morgan fingerprint density at radius 3 is 2.73 bits per heavy atom. The molecule has 1 aliphatic rings. The molecule has 1 unspecified atom stereocenters. The number of likely N-dealkylation sites (tertiary alicyclic amines) is 1. The lowest BCUT2D eigenvalue weighted by atomic mass is 10.2. The molecule has 1 atom stereocenters. The summed E-state index contributed by atoms with van der Waals surface area (Å²) in [5.41, 5.74) is 8.06. The van der Waals surface area contributed by atoms with E-state index < -0.39 is 0 Å². The third-order valence-electron chi connectivity index (χ3n) is 5.43. The van der Waals surface area contributed by atoms with Crippen molar-refractivity contribution in [1.29, 1.82) is 0 Å². The molecule has 1 amide bonds. The molecule has 0 saturated carbocycles. The number of rotatable bonds is 8. The van der Waals surface area contributed by atoms with E-state index in [1.165, 1.54) is 11.3 Å². The third-order valence-corrected chi connectivity index (χ3v) is 6.88. The number of benzene rings is 2. The van der Waals surface area contributed by atoms with Gasteiger partial charge in [0.15, 0.2) is 11.5 Å². The van der Waals surface area contributed by atoms with Gasteiger partial charge in [-0.1, -0.05) is 23.7 Å². The lowest BCUT2D eigenvalue weighted by molar-refractivity contribution is 0.103. The maximum atomic E-state index is 12.9. The van der Waals surface area contributed by atoms with E-state index in [2.05, 4.69) is 10.2 Å². The molecule has 0 radical (unpaired) electrons. The average molecular weight is 488 g/mol. The zero-order chi connectivity index (χ0) is 23.4. The summed E-state index contributed by atoms with van der Waals surface area (Å²) in [6.45, 7) is 2.76. The number of amides is 1. The molecule has 4 N–H and O–H groups in total. The first-order valence-corrected chi connectivity index (χ1v) is 11.8. The van der Waals surface area contributed by atoms with Crippen LogP contribution in [0.1, 0.15) is 16.1 Å². The van der Waals surface area contributed by atoms with Gasteiger partial charge in [-0.05, 0) is 42.3 Å². The fraction of sp³-hybridized carbons (Fsp3) is 0.292. The molecule has 33 heavy (non-hydrogen) atoms. The number of methoxy groups -OCH3 is 1. The zero-order valence-corrected chi connectivity index (χ0v) is 19.8. The fourth-order valence-electron chi connectivity index (χ4n) is 3.69. The highest BCUT2D eigenvalue weighted by Gasteiger charge is 2.20. The van der Waals surface area contributed by atoms with Crippen LogP contribution in [0.3, 0.4) is 0 Å². The first kappa shape index (κ1) is 23.4. The molecule has 1 saturated heterocycles. The van der Waals surface area contributed by atoms with E-state index >= 15 is 0 Å². The third kappa shape index (κ3) is 5.78. The number of nitrogen functional groups attached to an aromatic ring is 1. The number of aliphatic hydroxyl groups excluding tert-OH is 1. The van der Waals surface area contributed by atoms with Crippen LogP contribution in [-0.2, 0) is 0 Å². The average Bonchev–Trinajstić information content (AvgIpc) is 3.40. The molecule has 9 heteroatoms. The Labute approximate surface area is 201 Å². The number of nitrogens with one attached hydrogen (secondary N) is 1. The largest absolute Gasteiger partial charge is 0.493 e.